The zero-order chi connectivity index (χ0) is 18.0. The SMILES string of the molecule is C[C@@H]1CCC[C@H]2CN(C(=O)C(=O)Nc3cncc(C(N)=O)c3)CC[C@H]21. The van der Waals surface area contributed by atoms with Gasteiger partial charge in [-0.3, -0.25) is 19.4 Å². The zero-order valence-electron chi connectivity index (χ0n) is 14.4. The van der Waals surface area contributed by atoms with E-state index in [9.17, 15) is 14.4 Å². The summed E-state index contributed by atoms with van der Waals surface area (Å²) < 4.78 is 0. The van der Waals surface area contributed by atoms with Crippen LogP contribution in [-0.4, -0.2) is 40.7 Å². The van der Waals surface area contributed by atoms with E-state index in [0.717, 1.165) is 12.8 Å². The number of hydrogen-bond acceptors (Lipinski definition) is 4. The fourth-order valence-electron chi connectivity index (χ4n) is 4.18. The van der Waals surface area contributed by atoms with Crippen LogP contribution in [0.5, 0.6) is 0 Å². The van der Waals surface area contributed by atoms with Crippen molar-refractivity contribution in [3.05, 3.63) is 24.0 Å². The number of nitrogens with zero attached hydrogens (tertiary/aromatic N) is 2. The number of amides is 3. The number of rotatable bonds is 2. The molecule has 0 spiro atoms. The number of piperidine rings is 1. The number of fused-ring (bicyclic) bond motifs is 1. The Morgan fingerprint density at radius 3 is 2.80 bits per heavy atom. The van der Waals surface area contributed by atoms with Crippen LogP contribution in [0.15, 0.2) is 18.5 Å². The van der Waals surface area contributed by atoms with Gasteiger partial charge in [0, 0.05) is 19.3 Å². The number of carbonyl (C=O) groups is 3. The molecule has 0 unspecified atom stereocenters. The van der Waals surface area contributed by atoms with E-state index in [4.69, 9.17) is 5.73 Å². The van der Waals surface area contributed by atoms with E-state index >= 15 is 0 Å². The molecule has 2 fully saturated rings. The van der Waals surface area contributed by atoms with Crippen molar-refractivity contribution in [2.24, 2.45) is 23.5 Å². The van der Waals surface area contributed by atoms with Crippen LogP contribution >= 0.6 is 0 Å². The van der Waals surface area contributed by atoms with E-state index in [1.54, 1.807) is 4.90 Å². The van der Waals surface area contributed by atoms with Crippen molar-refractivity contribution >= 4 is 23.4 Å². The molecule has 1 aromatic heterocycles. The van der Waals surface area contributed by atoms with Gasteiger partial charge in [0.25, 0.3) is 0 Å². The largest absolute Gasteiger partial charge is 0.366 e. The second kappa shape index (κ2) is 7.21. The molecule has 3 amide bonds. The van der Waals surface area contributed by atoms with Gasteiger partial charge in [-0.1, -0.05) is 19.8 Å². The summed E-state index contributed by atoms with van der Waals surface area (Å²) in [6, 6.07) is 1.41. The van der Waals surface area contributed by atoms with Crippen molar-refractivity contribution in [3.63, 3.8) is 0 Å². The fraction of sp³-hybridized carbons (Fsp3) is 0.556. The molecule has 1 aliphatic carbocycles. The van der Waals surface area contributed by atoms with E-state index in [2.05, 4.69) is 17.2 Å². The maximum absolute atomic E-state index is 12.5. The summed E-state index contributed by atoms with van der Waals surface area (Å²) in [5, 5.41) is 2.51. The molecule has 1 saturated heterocycles. The predicted octanol–water partition coefficient (Wildman–Crippen LogP) is 1.40. The summed E-state index contributed by atoms with van der Waals surface area (Å²) in [6.07, 6.45) is 7.25. The molecule has 2 aliphatic rings. The third-order valence-corrected chi connectivity index (χ3v) is 5.52. The van der Waals surface area contributed by atoms with E-state index in [1.807, 2.05) is 0 Å². The van der Waals surface area contributed by atoms with Gasteiger partial charge >= 0.3 is 11.8 Å². The maximum Gasteiger partial charge on any atom is 0.313 e. The van der Waals surface area contributed by atoms with Gasteiger partial charge in [0.15, 0.2) is 0 Å². The van der Waals surface area contributed by atoms with E-state index in [-0.39, 0.29) is 11.3 Å². The Kier molecular flexibility index (Phi) is 5.01. The van der Waals surface area contributed by atoms with Crippen molar-refractivity contribution in [1.29, 1.82) is 0 Å². The summed E-state index contributed by atoms with van der Waals surface area (Å²) in [6.45, 7) is 3.57. The highest BCUT2D eigenvalue weighted by Crippen LogP contribution is 2.39. The summed E-state index contributed by atoms with van der Waals surface area (Å²) in [5.74, 6) is -0.00541. The number of anilines is 1. The molecule has 2 heterocycles. The summed E-state index contributed by atoms with van der Waals surface area (Å²) in [7, 11) is 0. The molecule has 7 nitrogen and oxygen atoms in total. The first-order valence-electron chi connectivity index (χ1n) is 8.81. The average molecular weight is 344 g/mol. The van der Waals surface area contributed by atoms with E-state index in [1.165, 1.54) is 31.3 Å². The Morgan fingerprint density at radius 2 is 2.04 bits per heavy atom. The maximum atomic E-state index is 12.5. The first-order valence-corrected chi connectivity index (χ1v) is 8.81. The fourth-order valence-corrected chi connectivity index (χ4v) is 4.18. The molecule has 1 saturated carbocycles. The molecule has 0 bridgehead atoms. The third kappa shape index (κ3) is 3.81. The van der Waals surface area contributed by atoms with Crippen LogP contribution < -0.4 is 11.1 Å². The lowest BCUT2D eigenvalue weighted by Crippen LogP contribution is -2.49. The highest BCUT2D eigenvalue weighted by atomic mass is 16.2. The van der Waals surface area contributed by atoms with Crippen LogP contribution in [0.2, 0.25) is 0 Å². The van der Waals surface area contributed by atoms with Crippen molar-refractivity contribution in [3.8, 4) is 0 Å². The van der Waals surface area contributed by atoms with Gasteiger partial charge in [-0.2, -0.15) is 0 Å². The van der Waals surface area contributed by atoms with Gasteiger partial charge in [-0.25, -0.2) is 0 Å². The van der Waals surface area contributed by atoms with Crippen molar-refractivity contribution in [2.45, 2.75) is 32.6 Å². The molecule has 25 heavy (non-hydrogen) atoms. The topological polar surface area (TPSA) is 105 Å². The number of aromatic nitrogens is 1. The van der Waals surface area contributed by atoms with Gasteiger partial charge < -0.3 is 16.0 Å². The van der Waals surface area contributed by atoms with Crippen molar-refractivity contribution in [1.82, 2.24) is 9.88 Å². The molecule has 0 aromatic carbocycles. The highest BCUT2D eigenvalue weighted by molar-refractivity contribution is 6.39. The summed E-state index contributed by atoms with van der Waals surface area (Å²) in [4.78, 5) is 41.4. The number of carbonyl (C=O) groups excluding carboxylic acids is 3. The van der Waals surface area contributed by atoms with Crippen molar-refractivity contribution < 1.29 is 14.4 Å². The molecule has 1 aromatic rings. The second-order valence-electron chi connectivity index (χ2n) is 7.15. The number of hydrogen-bond donors (Lipinski definition) is 2. The smallest absolute Gasteiger partial charge is 0.313 e. The van der Waals surface area contributed by atoms with Crippen LogP contribution in [0.4, 0.5) is 5.69 Å². The molecule has 3 rings (SSSR count). The van der Waals surface area contributed by atoms with Crippen molar-refractivity contribution in [2.75, 3.05) is 18.4 Å². The minimum Gasteiger partial charge on any atom is -0.366 e. The second-order valence-corrected chi connectivity index (χ2v) is 7.15. The van der Waals surface area contributed by atoms with E-state index < -0.39 is 17.7 Å². The lowest BCUT2D eigenvalue weighted by molar-refractivity contribution is -0.145. The van der Waals surface area contributed by atoms with Crippen LogP contribution in [-0.2, 0) is 9.59 Å². The lowest BCUT2D eigenvalue weighted by atomic mass is 9.69. The van der Waals surface area contributed by atoms with Gasteiger partial charge in [0.1, 0.15) is 0 Å². The quantitative estimate of drug-likeness (QED) is 0.791. The normalized spacial score (nSPS) is 25.8. The Balaban J connectivity index is 1.62. The molecule has 1 aliphatic heterocycles. The van der Waals surface area contributed by atoms with Gasteiger partial charge in [0.05, 0.1) is 17.4 Å². The zero-order valence-corrected chi connectivity index (χ0v) is 14.4. The van der Waals surface area contributed by atoms with Crippen LogP contribution in [0.3, 0.4) is 0 Å². The number of primary amides is 1. The molecule has 7 heteroatoms. The molecular weight excluding hydrogens is 320 g/mol. The minimum absolute atomic E-state index is 0.183. The lowest BCUT2D eigenvalue weighted by Gasteiger charge is -2.44. The average Bonchev–Trinajstić information content (AvgIpc) is 2.61. The molecule has 3 N–H and O–H groups in total. The monoisotopic (exact) mass is 344 g/mol. The predicted molar refractivity (Wildman–Crippen MR) is 92.6 cm³/mol. The first kappa shape index (κ1) is 17.4. The molecular formula is C18H24N4O3. The standard InChI is InChI=1S/C18H24N4O3/c1-11-3-2-4-12-10-22(6-5-15(11)12)18(25)17(24)21-14-7-13(16(19)23)8-20-9-14/h7-9,11-12,15H,2-6,10H2,1H3,(H2,19,23)(H,21,24)/t11-,12+,15+/m1/s1. The van der Waals surface area contributed by atoms with Gasteiger partial charge in [-0.05, 0) is 36.7 Å². The number of likely N-dealkylation sites (tertiary alicyclic amines) is 1. The highest BCUT2D eigenvalue weighted by Gasteiger charge is 2.37. The third-order valence-electron chi connectivity index (χ3n) is 5.52. The summed E-state index contributed by atoms with van der Waals surface area (Å²) >= 11 is 0. The summed E-state index contributed by atoms with van der Waals surface area (Å²) in [5.41, 5.74) is 5.67. The van der Waals surface area contributed by atoms with Gasteiger partial charge in [0.2, 0.25) is 5.91 Å². The molecule has 0 radical (unpaired) electrons. The minimum atomic E-state index is -0.703. The Hall–Kier alpha value is -2.44. The molecule has 134 valence electrons. The number of nitrogens with two attached hydrogens (primary N) is 1. The van der Waals surface area contributed by atoms with Crippen LogP contribution in [0.25, 0.3) is 0 Å². The molecule has 3 atom stereocenters. The Bertz CT molecular complexity index is 691. The Morgan fingerprint density at radius 1 is 1.24 bits per heavy atom. The number of pyridine rings is 1. The van der Waals surface area contributed by atoms with Crippen LogP contribution in [0.1, 0.15) is 43.0 Å². The van der Waals surface area contributed by atoms with E-state index in [0.29, 0.717) is 30.8 Å². The van der Waals surface area contributed by atoms with Gasteiger partial charge in [-0.15, -0.1) is 0 Å². The first-order chi connectivity index (χ1) is 12.0. The Labute approximate surface area is 147 Å². The van der Waals surface area contributed by atoms with Crippen LogP contribution in [0, 0.1) is 17.8 Å². The number of nitrogens with one attached hydrogen (secondary N) is 1.